The number of carbonyl (C=O) groups is 2. The Morgan fingerprint density at radius 1 is 0.848 bits per heavy atom. The molecule has 33 heavy (non-hydrogen) atoms. The third-order valence-corrected chi connectivity index (χ3v) is 7.37. The summed E-state index contributed by atoms with van der Waals surface area (Å²) in [4.78, 5) is 42.5. The fraction of sp³-hybridized carbons (Fsp3) is 0.333. The lowest BCUT2D eigenvalue weighted by atomic mass is 9.97. The van der Waals surface area contributed by atoms with Gasteiger partial charge in [-0.3, -0.25) is 19.9 Å². The van der Waals surface area contributed by atoms with Crippen molar-refractivity contribution in [2.24, 2.45) is 0 Å². The van der Waals surface area contributed by atoms with E-state index in [2.05, 4.69) is 0 Å². The van der Waals surface area contributed by atoms with Crippen LogP contribution in [0.15, 0.2) is 36.4 Å². The molecule has 2 saturated heterocycles. The van der Waals surface area contributed by atoms with Crippen molar-refractivity contribution in [1.82, 2.24) is 4.90 Å². The summed E-state index contributed by atoms with van der Waals surface area (Å²) in [5.41, 5.74) is -1.01. The maximum atomic E-state index is 13.9. The van der Waals surface area contributed by atoms with Crippen LogP contribution < -0.4 is 9.80 Å². The molecule has 4 amide bonds. The molecule has 0 N–H and O–H groups in total. The first-order valence-electron chi connectivity index (χ1n) is 10.1. The number of imide groups is 1. The second-order valence-electron chi connectivity index (χ2n) is 7.87. The van der Waals surface area contributed by atoms with Crippen LogP contribution in [0.3, 0.4) is 0 Å². The van der Waals surface area contributed by atoms with Crippen LogP contribution in [0.5, 0.6) is 0 Å². The first kappa shape index (κ1) is 23.9. The SMILES string of the molecule is O=C1N(c2ccc(Cl)c(Cl)c2)C(=O)N(c2ccc(Cl)c(Cl)c2)[C@@]2(C[N+](=O)[O-])CCCCCN12. The Morgan fingerprint density at radius 2 is 1.45 bits per heavy atom. The zero-order valence-corrected chi connectivity index (χ0v) is 20.2. The van der Waals surface area contributed by atoms with Crippen LogP contribution in [0, 0.1) is 10.1 Å². The molecule has 2 aromatic carbocycles. The monoisotopic (exact) mass is 530 g/mol. The first-order valence-corrected chi connectivity index (χ1v) is 11.6. The highest BCUT2D eigenvalue weighted by Crippen LogP contribution is 2.43. The lowest BCUT2D eigenvalue weighted by Gasteiger charge is -2.53. The fourth-order valence-electron chi connectivity index (χ4n) is 4.45. The van der Waals surface area contributed by atoms with Crippen molar-refractivity contribution in [3.05, 3.63) is 66.6 Å². The molecular formula is C21H18Cl4N4O4. The molecule has 1 atom stereocenters. The number of hydrogen-bond donors (Lipinski definition) is 0. The number of nitro groups is 1. The first-order chi connectivity index (χ1) is 15.7. The minimum absolute atomic E-state index is 0.161. The van der Waals surface area contributed by atoms with Gasteiger partial charge in [-0.25, -0.2) is 14.5 Å². The third kappa shape index (κ3) is 4.21. The molecule has 2 aromatic rings. The number of fused-ring (bicyclic) bond motifs is 1. The fourth-order valence-corrected chi connectivity index (χ4v) is 5.03. The van der Waals surface area contributed by atoms with Gasteiger partial charge in [-0.2, -0.15) is 0 Å². The lowest BCUT2D eigenvalue weighted by Crippen LogP contribution is -2.76. The Labute approximate surface area is 209 Å². The molecule has 0 aromatic heterocycles. The predicted octanol–water partition coefficient (Wildman–Crippen LogP) is 6.72. The number of nitrogens with zero attached hydrogens (tertiary/aromatic N) is 4. The number of amides is 4. The molecule has 12 heteroatoms. The van der Waals surface area contributed by atoms with E-state index in [1.807, 2.05) is 0 Å². The van der Waals surface area contributed by atoms with E-state index < -0.39 is 29.2 Å². The molecule has 0 aliphatic carbocycles. The van der Waals surface area contributed by atoms with Crippen molar-refractivity contribution in [3.63, 3.8) is 0 Å². The maximum Gasteiger partial charge on any atom is 0.339 e. The molecule has 0 saturated carbocycles. The number of rotatable bonds is 4. The van der Waals surface area contributed by atoms with Gasteiger partial charge >= 0.3 is 12.1 Å². The predicted molar refractivity (Wildman–Crippen MR) is 128 cm³/mol. The smallest absolute Gasteiger partial charge is 0.294 e. The van der Waals surface area contributed by atoms with Gasteiger partial charge in [0.2, 0.25) is 6.54 Å². The van der Waals surface area contributed by atoms with E-state index in [1.165, 1.54) is 40.1 Å². The molecule has 0 unspecified atom stereocenters. The Hall–Kier alpha value is -2.26. The summed E-state index contributed by atoms with van der Waals surface area (Å²) >= 11 is 24.5. The van der Waals surface area contributed by atoms with Crippen molar-refractivity contribution < 1.29 is 14.5 Å². The number of hydrogen-bond acceptors (Lipinski definition) is 4. The van der Waals surface area contributed by atoms with E-state index in [4.69, 9.17) is 46.4 Å². The summed E-state index contributed by atoms with van der Waals surface area (Å²) in [7, 11) is 0. The molecule has 2 aliphatic rings. The molecule has 2 heterocycles. The lowest BCUT2D eigenvalue weighted by molar-refractivity contribution is -0.494. The van der Waals surface area contributed by atoms with Crippen molar-refractivity contribution in [2.45, 2.75) is 31.3 Å². The summed E-state index contributed by atoms with van der Waals surface area (Å²) in [6, 6.07) is 7.50. The van der Waals surface area contributed by atoms with Gasteiger partial charge in [-0.05, 0) is 55.7 Å². The summed E-state index contributed by atoms with van der Waals surface area (Å²) in [6.07, 6.45) is 2.25. The molecule has 0 spiro atoms. The minimum Gasteiger partial charge on any atom is -0.294 e. The van der Waals surface area contributed by atoms with Crippen molar-refractivity contribution >= 4 is 69.8 Å². The second-order valence-corrected chi connectivity index (χ2v) is 9.50. The summed E-state index contributed by atoms with van der Waals surface area (Å²) in [5, 5.41) is 12.7. The summed E-state index contributed by atoms with van der Waals surface area (Å²) in [5.74, 6) is 0. The van der Waals surface area contributed by atoms with E-state index in [-0.39, 0.29) is 38.7 Å². The average molecular weight is 532 g/mol. The van der Waals surface area contributed by atoms with Crippen LogP contribution in [-0.4, -0.2) is 40.6 Å². The number of halogens is 4. The normalized spacial score (nSPS) is 21.2. The van der Waals surface area contributed by atoms with Gasteiger partial charge < -0.3 is 0 Å². The molecule has 8 nitrogen and oxygen atoms in total. The highest BCUT2D eigenvalue weighted by atomic mass is 35.5. The third-order valence-electron chi connectivity index (χ3n) is 5.89. The van der Waals surface area contributed by atoms with Crippen LogP contribution in [0.2, 0.25) is 20.1 Å². The van der Waals surface area contributed by atoms with E-state index in [0.717, 1.165) is 11.3 Å². The van der Waals surface area contributed by atoms with Gasteiger partial charge in [0, 0.05) is 17.2 Å². The Bertz CT molecular complexity index is 1150. The molecule has 0 bridgehead atoms. The minimum atomic E-state index is -1.50. The van der Waals surface area contributed by atoms with E-state index >= 15 is 0 Å². The van der Waals surface area contributed by atoms with Gasteiger partial charge in [0.05, 0.1) is 25.8 Å². The number of benzene rings is 2. The summed E-state index contributed by atoms with van der Waals surface area (Å²) < 4.78 is 0. The quantitative estimate of drug-likeness (QED) is 0.323. The van der Waals surface area contributed by atoms with Crippen LogP contribution in [0.1, 0.15) is 25.7 Å². The number of anilines is 2. The summed E-state index contributed by atoms with van der Waals surface area (Å²) in [6.45, 7) is -0.393. The Kier molecular flexibility index (Phi) is 6.64. The zero-order chi connectivity index (χ0) is 23.9. The zero-order valence-electron chi connectivity index (χ0n) is 17.1. The second kappa shape index (κ2) is 9.18. The molecule has 174 valence electrons. The highest BCUT2D eigenvalue weighted by Gasteiger charge is 2.58. The van der Waals surface area contributed by atoms with E-state index in [0.29, 0.717) is 18.5 Å². The van der Waals surface area contributed by atoms with Gasteiger partial charge in [0.25, 0.3) is 0 Å². The van der Waals surface area contributed by atoms with Gasteiger partial charge in [-0.1, -0.05) is 52.8 Å². The van der Waals surface area contributed by atoms with Crippen LogP contribution >= 0.6 is 46.4 Å². The Morgan fingerprint density at radius 3 is 2.06 bits per heavy atom. The number of urea groups is 2. The highest BCUT2D eigenvalue weighted by molar-refractivity contribution is 6.43. The Balaban J connectivity index is 1.94. The van der Waals surface area contributed by atoms with Crippen LogP contribution in [-0.2, 0) is 0 Å². The van der Waals surface area contributed by atoms with Crippen molar-refractivity contribution in [3.8, 4) is 0 Å². The molecule has 0 radical (unpaired) electrons. The van der Waals surface area contributed by atoms with Crippen LogP contribution in [0.4, 0.5) is 21.0 Å². The maximum absolute atomic E-state index is 13.9. The molecule has 2 fully saturated rings. The molecule has 4 rings (SSSR count). The largest absolute Gasteiger partial charge is 0.339 e. The van der Waals surface area contributed by atoms with Gasteiger partial charge in [-0.15, -0.1) is 0 Å². The standard InChI is InChI=1S/C21H18Cl4N4O4/c22-15-6-4-13(10-17(15)24)28-19(30)26-9-3-1-2-8-21(26,12-27(32)33)29(20(28)31)14-5-7-16(23)18(25)11-14/h4-7,10-11H,1-3,8-9,12H2/t21-/m1/s1. The van der Waals surface area contributed by atoms with Gasteiger partial charge in [0.15, 0.2) is 5.66 Å². The van der Waals surface area contributed by atoms with Gasteiger partial charge in [0.1, 0.15) is 0 Å². The van der Waals surface area contributed by atoms with Crippen molar-refractivity contribution in [2.75, 3.05) is 22.9 Å². The molecular weight excluding hydrogens is 514 g/mol. The van der Waals surface area contributed by atoms with Crippen molar-refractivity contribution in [1.29, 1.82) is 0 Å². The number of carbonyl (C=O) groups excluding carboxylic acids is 2. The average Bonchev–Trinajstić information content (AvgIpc) is 2.95. The van der Waals surface area contributed by atoms with E-state index in [9.17, 15) is 19.7 Å². The topological polar surface area (TPSA) is 87.0 Å². The van der Waals surface area contributed by atoms with Crippen LogP contribution in [0.25, 0.3) is 0 Å². The van der Waals surface area contributed by atoms with E-state index in [1.54, 1.807) is 6.07 Å². The molecule has 2 aliphatic heterocycles.